The van der Waals surface area contributed by atoms with Crippen molar-refractivity contribution < 1.29 is 14.7 Å². The Morgan fingerprint density at radius 3 is 2.65 bits per heavy atom. The van der Waals surface area contributed by atoms with Crippen molar-refractivity contribution in [3.8, 4) is 0 Å². The number of aliphatic carboxylic acids is 1. The smallest absolute Gasteiger partial charge is 0.323 e. The standard InChI is InChI=1S/C13H21N3O3S/c1-5-9(2)16(8-10(17)18)12(19)15-13(3,4)11-14-6-7-20-11/h6-7,9H,5,8H2,1-4H3,(H,15,19)(H,17,18). The quantitative estimate of drug-likeness (QED) is 0.844. The van der Waals surface area contributed by atoms with Crippen LogP contribution >= 0.6 is 11.3 Å². The molecular weight excluding hydrogens is 278 g/mol. The highest BCUT2D eigenvalue weighted by Gasteiger charge is 2.30. The van der Waals surface area contributed by atoms with Crippen LogP contribution in [0.3, 0.4) is 0 Å². The first-order chi connectivity index (χ1) is 9.27. The molecule has 7 heteroatoms. The minimum absolute atomic E-state index is 0.141. The number of hydrogen-bond acceptors (Lipinski definition) is 4. The third kappa shape index (κ3) is 4.19. The SMILES string of the molecule is CCC(C)N(CC(=O)O)C(=O)NC(C)(C)c1nccs1. The van der Waals surface area contributed by atoms with Crippen molar-refractivity contribution in [3.05, 3.63) is 16.6 Å². The molecule has 1 heterocycles. The number of nitrogens with zero attached hydrogens (tertiary/aromatic N) is 2. The van der Waals surface area contributed by atoms with E-state index in [-0.39, 0.29) is 18.6 Å². The minimum atomic E-state index is -1.02. The molecule has 0 aliphatic carbocycles. The Bertz CT molecular complexity index is 459. The molecule has 1 rings (SSSR count). The van der Waals surface area contributed by atoms with Crippen LogP contribution in [0.2, 0.25) is 0 Å². The predicted molar refractivity (Wildman–Crippen MR) is 77.8 cm³/mol. The Morgan fingerprint density at radius 1 is 1.55 bits per heavy atom. The van der Waals surface area contributed by atoms with Crippen LogP contribution in [0.1, 0.15) is 39.1 Å². The van der Waals surface area contributed by atoms with Crippen molar-refractivity contribution >= 4 is 23.3 Å². The second-order valence-corrected chi connectivity index (χ2v) is 6.07. The van der Waals surface area contributed by atoms with E-state index < -0.39 is 11.5 Å². The molecule has 1 aromatic heterocycles. The summed E-state index contributed by atoms with van der Waals surface area (Å²) < 4.78 is 0. The first kappa shape index (κ1) is 16.4. The summed E-state index contributed by atoms with van der Waals surface area (Å²) in [7, 11) is 0. The van der Waals surface area contributed by atoms with E-state index in [1.807, 2.05) is 33.1 Å². The second-order valence-electron chi connectivity index (χ2n) is 5.17. The van der Waals surface area contributed by atoms with Gasteiger partial charge < -0.3 is 15.3 Å². The Labute approximate surface area is 122 Å². The summed E-state index contributed by atoms with van der Waals surface area (Å²) in [4.78, 5) is 28.7. The fourth-order valence-electron chi connectivity index (χ4n) is 1.72. The third-order valence-corrected chi connectivity index (χ3v) is 4.17. The normalized spacial score (nSPS) is 12.8. The fraction of sp³-hybridized carbons (Fsp3) is 0.615. The number of amides is 2. The monoisotopic (exact) mass is 299 g/mol. The number of hydrogen-bond donors (Lipinski definition) is 2. The van der Waals surface area contributed by atoms with Gasteiger partial charge in [-0.15, -0.1) is 11.3 Å². The number of carbonyl (C=O) groups excluding carboxylic acids is 1. The maximum atomic E-state index is 12.3. The maximum Gasteiger partial charge on any atom is 0.323 e. The molecule has 0 spiro atoms. The Balaban J connectivity index is 2.82. The summed E-state index contributed by atoms with van der Waals surface area (Å²) in [6, 6.07) is -0.528. The van der Waals surface area contributed by atoms with Gasteiger partial charge >= 0.3 is 12.0 Å². The van der Waals surface area contributed by atoms with Crippen LogP contribution in [-0.2, 0) is 10.3 Å². The van der Waals surface area contributed by atoms with Gasteiger partial charge in [0, 0.05) is 17.6 Å². The first-order valence-electron chi connectivity index (χ1n) is 6.48. The number of carboxylic acids is 1. The molecule has 0 bridgehead atoms. The number of nitrogens with one attached hydrogen (secondary N) is 1. The first-order valence-corrected chi connectivity index (χ1v) is 7.36. The van der Waals surface area contributed by atoms with Crippen LogP contribution in [0, 0.1) is 0 Å². The number of urea groups is 1. The van der Waals surface area contributed by atoms with E-state index in [0.29, 0.717) is 6.42 Å². The number of carbonyl (C=O) groups is 2. The predicted octanol–water partition coefficient (Wildman–Crippen LogP) is 2.27. The highest BCUT2D eigenvalue weighted by molar-refractivity contribution is 7.09. The lowest BCUT2D eigenvalue weighted by molar-refractivity contribution is -0.138. The van der Waals surface area contributed by atoms with Crippen LogP contribution in [0.15, 0.2) is 11.6 Å². The fourth-order valence-corrected chi connectivity index (χ4v) is 2.44. The molecule has 2 N–H and O–H groups in total. The molecule has 0 radical (unpaired) electrons. The van der Waals surface area contributed by atoms with Crippen LogP contribution in [0.25, 0.3) is 0 Å². The molecule has 0 saturated carbocycles. The highest BCUT2D eigenvalue weighted by Crippen LogP contribution is 2.22. The Hall–Kier alpha value is -1.63. The van der Waals surface area contributed by atoms with Gasteiger partial charge in [0.2, 0.25) is 0 Å². The van der Waals surface area contributed by atoms with E-state index in [0.717, 1.165) is 5.01 Å². The van der Waals surface area contributed by atoms with Gasteiger partial charge in [0.25, 0.3) is 0 Å². The molecule has 1 unspecified atom stereocenters. The summed E-state index contributed by atoms with van der Waals surface area (Å²) in [5.74, 6) is -1.02. The zero-order valence-corrected chi connectivity index (χ0v) is 13.0. The molecule has 0 aliphatic rings. The molecular formula is C13H21N3O3S. The average molecular weight is 299 g/mol. The van der Waals surface area contributed by atoms with Gasteiger partial charge in [-0.25, -0.2) is 9.78 Å². The van der Waals surface area contributed by atoms with Gasteiger partial charge in [-0.05, 0) is 27.2 Å². The highest BCUT2D eigenvalue weighted by atomic mass is 32.1. The average Bonchev–Trinajstić information content (AvgIpc) is 2.88. The second kappa shape index (κ2) is 6.69. The number of carboxylic acid groups (broad SMARTS) is 1. The zero-order valence-electron chi connectivity index (χ0n) is 12.2. The summed E-state index contributed by atoms with van der Waals surface area (Å²) in [6.45, 7) is 7.13. The van der Waals surface area contributed by atoms with Gasteiger partial charge in [-0.3, -0.25) is 4.79 Å². The molecule has 0 aromatic carbocycles. The number of rotatable bonds is 6. The molecule has 20 heavy (non-hydrogen) atoms. The van der Waals surface area contributed by atoms with Crippen molar-refractivity contribution in [1.29, 1.82) is 0 Å². The minimum Gasteiger partial charge on any atom is -0.480 e. The van der Waals surface area contributed by atoms with Gasteiger partial charge in [0.1, 0.15) is 11.6 Å². The summed E-state index contributed by atoms with van der Waals surface area (Å²) in [5, 5.41) is 14.4. The molecule has 0 fully saturated rings. The van der Waals surface area contributed by atoms with Crippen LogP contribution in [-0.4, -0.2) is 39.6 Å². The van der Waals surface area contributed by atoms with Crippen LogP contribution in [0.4, 0.5) is 4.79 Å². The molecule has 6 nitrogen and oxygen atoms in total. The Kier molecular flexibility index (Phi) is 5.50. The lowest BCUT2D eigenvalue weighted by Crippen LogP contribution is -2.52. The van der Waals surface area contributed by atoms with Crippen LogP contribution < -0.4 is 5.32 Å². The van der Waals surface area contributed by atoms with Gasteiger partial charge in [-0.2, -0.15) is 0 Å². The summed E-state index contributed by atoms with van der Waals surface area (Å²) in [6.07, 6.45) is 2.37. The summed E-state index contributed by atoms with van der Waals surface area (Å²) in [5.41, 5.74) is -0.629. The molecule has 1 aromatic rings. The number of aromatic nitrogens is 1. The topological polar surface area (TPSA) is 82.5 Å². The van der Waals surface area contributed by atoms with E-state index in [1.54, 1.807) is 6.20 Å². The van der Waals surface area contributed by atoms with Crippen molar-refractivity contribution in [2.24, 2.45) is 0 Å². The lowest BCUT2D eigenvalue weighted by Gasteiger charge is -2.32. The molecule has 1 atom stereocenters. The lowest BCUT2D eigenvalue weighted by atomic mass is 10.1. The molecule has 2 amide bonds. The Morgan fingerprint density at radius 2 is 2.20 bits per heavy atom. The van der Waals surface area contributed by atoms with E-state index in [2.05, 4.69) is 10.3 Å². The van der Waals surface area contributed by atoms with Crippen molar-refractivity contribution in [1.82, 2.24) is 15.2 Å². The van der Waals surface area contributed by atoms with E-state index in [1.165, 1.54) is 16.2 Å². The van der Waals surface area contributed by atoms with Gasteiger partial charge in [-0.1, -0.05) is 6.92 Å². The largest absolute Gasteiger partial charge is 0.480 e. The number of thiazole rings is 1. The molecule has 112 valence electrons. The molecule has 0 saturated heterocycles. The van der Waals surface area contributed by atoms with Crippen LogP contribution in [0.5, 0.6) is 0 Å². The van der Waals surface area contributed by atoms with Crippen molar-refractivity contribution in [2.45, 2.75) is 45.7 Å². The van der Waals surface area contributed by atoms with E-state index >= 15 is 0 Å². The van der Waals surface area contributed by atoms with E-state index in [4.69, 9.17) is 5.11 Å². The van der Waals surface area contributed by atoms with Crippen molar-refractivity contribution in [2.75, 3.05) is 6.54 Å². The zero-order chi connectivity index (χ0) is 15.3. The van der Waals surface area contributed by atoms with Gasteiger partial charge in [0.05, 0.1) is 5.54 Å². The summed E-state index contributed by atoms with van der Waals surface area (Å²) >= 11 is 1.45. The molecule has 0 aliphatic heterocycles. The van der Waals surface area contributed by atoms with Crippen molar-refractivity contribution in [3.63, 3.8) is 0 Å². The maximum absolute atomic E-state index is 12.3. The third-order valence-electron chi connectivity index (χ3n) is 3.08. The van der Waals surface area contributed by atoms with Gasteiger partial charge in [0.15, 0.2) is 0 Å². The van der Waals surface area contributed by atoms with E-state index in [9.17, 15) is 9.59 Å².